The van der Waals surface area contributed by atoms with E-state index in [0.29, 0.717) is 17.5 Å². The number of aryl methyl sites for hydroxylation is 2. The Morgan fingerprint density at radius 3 is 2.50 bits per heavy atom. The lowest BCUT2D eigenvalue weighted by atomic mass is 10.0. The lowest BCUT2D eigenvalue weighted by Gasteiger charge is -2.14. The minimum Gasteiger partial charge on any atom is -0.465 e. The Labute approximate surface area is 158 Å². The Bertz CT molecular complexity index is 1080. The SMILES string of the molecule is CCc1nn(C(=O)c2c(C)cccc2C(F)(F)F)c2cc(C(=O)OC)ccc12. The van der Waals surface area contributed by atoms with Crippen LogP contribution >= 0.6 is 0 Å². The third-order valence-electron chi connectivity index (χ3n) is 4.50. The molecule has 0 saturated carbocycles. The second kappa shape index (κ2) is 7.10. The van der Waals surface area contributed by atoms with Gasteiger partial charge in [0.15, 0.2) is 0 Å². The van der Waals surface area contributed by atoms with Gasteiger partial charge >= 0.3 is 12.1 Å². The second-order valence-corrected chi connectivity index (χ2v) is 6.24. The Hall–Kier alpha value is -3.16. The van der Waals surface area contributed by atoms with Crippen molar-refractivity contribution in [3.63, 3.8) is 0 Å². The Morgan fingerprint density at radius 1 is 1.18 bits per heavy atom. The average molecular weight is 390 g/mol. The minimum atomic E-state index is -4.69. The van der Waals surface area contributed by atoms with Crippen LogP contribution in [0.2, 0.25) is 0 Å². The number of nitrogens with zero attached hydrogens (tertiary/aromatic N) is 2. The van der Waals surface area contributed by atoms with Gasteiger partial charge in [-0.3, -0.25) is 4.79 Å². The number of fused-ring (bicyclic) bond motifs is 1. The highest BCUT2D eigenvalue weighted by Crippen LogP contribution is 2.34. The maximum atomic E-state index is 13.5. The van der Waals surface area contributed by atoms with E-state index in [0.717, 1.165) is 10.7 Å². The molecule has 0 radical (unpaired) electrons. The third-order valence-corrected chi connectivity index (χ3v) is 4.50. The molecule has 0 saturated heterocycles. The normalized spacial score (nSPS) is 11.6. The molecule has 3 aromatic rings. The van der Waals surface area contributed by atoms with Gasteiger partial charge in [0.2, 0.25) is 0 Å². The number of esters is 1. The van der Waals surface area contributed by atoms with Gasteiger partial charge in [-0.1, -0.05) is 25.1 Å². The van der Waals surface area contributed by atoms with Crippen LogP contribution in [0.4, 0.5) is 13.2 Å². The standard InChI is InChI=1S/C20H17F3N2O3/c1-4-15-13-9-8-12(19(27)28-3)10-16(13)25(24-15)18(26)17-11(2)6-5-7-14(17)20(21,22)23/h5-10H,4H2,1-3H3. The molecule has 0 aliphatic heterocycles. The zero-order valence-corrected chi connectivity index (χ0v) is 15.4. The van der Waals surface area contributed by atoms with Gasteiger partial charge in [-0.15, -0.1) is 0 Å². The summed E-state index contributed by atoms with van der Waals surface area (Å²) in [7, 11) is 1.22. The summed E-state index contributed by atoms with van der Waals surface area (Å²) in [5.74, 6) is -1.52. The summed E-state index contributed by atoms with van der Waals surface area (Å²) in [5, 5.41) is 4.81. The molecule has 1 aromatic heterocycles. The summed E-state index contributed by atoms with van der Waals surface area (Å²) in [5.41, 5.74) is -0.338. The Balaban J connectivity index is 2.27. The fraction of sp³-hybridized carbons (Fsp3) is 0.250. The molecule has 0 amide bonds. The van der Waals surface area contributed by atoms with Crippen molar-refractivity contribution in [3.05, 3.63) is 64.3 Å². The summed E-state index contributed by atoms with van der Waals surface area (Å²) in [6.45, 7) is 3.26. The minimum absolute atomic E-state index is 0.174. The van der Waals surface area contributed by atoms with Crippen LogP contribution in [0.25, 0.3) is 10.9 Å². The van der Waals surface area contributed by atoms with E-state index in [9.17, 15) is 22.8 Å². The molecular weight excluding hydrogens is 373 g/mol. The van der Waals surface area contributed by atoms with Crippen molar-refractivity contribution in [2.75, 3.05) is 7.11 Å². The van der Waals surface area contributed by atoms with Gasteiger partial charge in [-0.05, 0) is 37.1 Å². The molecule has 0 aliphatic carbocycles. The van der Waals surface area contributed by atoms with E-state index in [1.54, 1.807) is 6.07 Å². The van der Waals surface area contributed by atoms with E-state index in [2.05, 4.69) is 9.84 Å². The highest BCUT2D eigenvalue weighted by molar-refractivity contribution is 6.05. The number of methoxy groups -OCH3 is 1. The first-order valence-corrected chi connectivity index (χ1v) is 8.50. The third kappa shape index (κ3) is 3.26. The van der Waals surface area contributed by atoms with Crippen LogP contribution in [0.15, 0.2) is 36.4 Å². The summed E-state index contributed by atoms with van der Waals surface area (Å²) >= 11 is 0. The van der Waals surface area contributed by atoms with Gasteiger partial charge in [0.25, 0.3) is 5.91 Å². The first-order valence-electron chi connectivity index (χ1n) is 8.50. The van der Waals surface area contributed by atoms with Gasteiger partial charge in [0.05, 0.1) is 35.0 Å². The number of carbonyl (C=O) groups excluding carboxylic acids is 2. The van der Waals surface area contributed by atoms with E-state index in [-0.39, 0.29) is 16.6 Å². The molecule has 0 fully saturated rings. The number of benzene rings is 2. The topological polar surface area (TPSA) is 61.2 Å². The lowest BCUT2D eigenvalue weighted by Crippen LogP contribution is -2.21. The van der Waals surface area contributed by atoms with Crippen LogP contribution in [0, 0.1) is 6.92 Å². The van der Waals surface area contributed by atoms with Crippen molar-refractivity contribution >= 4 is 22.8 Å². The molecular formula is C20H17F3N2O3. The van der Waals surface area contributed by atoms with Crippen molar-refractivity contribution in [2.45, 2.75) is 26.4 Å². The van der Waals surface area contributed by atoms with Crippen molar-refractivity contribution in [2.24, 2.45) is 0 Å². The number of halogens is 3. The maximum absolute atomic E-state index is 13.5. The molecule has 0 spiro atoms. The van der Waals surface area contributed by atoms with Gasteiger partial charge in [-0.25, -0.2) is 4.79 Å². The van der Waals surface area contributed by atoms with E-state index in [4.69, 9.17) is 0 Å². The van der Waals surface area contributed by atoms with Crippen LogP contribution in [0.5, 0.6) is 0 Å². The predicted octanol–water partition coefficient (Wildman–Crippen LogP) is 4.40. The largest absolute Gasteiger partial charge is 0.465 e. The molecule has 0 bridgehead atoms. The first-order chi connectivity index (χ1) is 13.2. The van der Waals surface area contributed by atoms with Crippen molar-refractivity contribution in [1.29, 1.82) is 0 Å². The van der Waals surface area contributed by atoms with Gasteiger partial charge < -0.3 is 4.74 Å². The first kappa shape index (κ1) is 19.6. The van der Waals surface area contributed by atoms with Crippen molar-refractivity contribution < 1.29 is 27.5 Å². The van der Waals surface area contributed by atoms with E-state index in [1.807, 2.05) is 6.92 Å². The van der Waals surface area contributed by atoms with Crippen LogP contribution in [0.1, 0.15) is 44.5 Å². The number of alkyl halides is 3. The molecule has 0 atom stereocenters. The molecule has 1 heterocycles. The summed E-state index contributed by atoms with van der Waals surface area (Å²) in [6, 6.07) is 8.10. The highest BCUT2D eigenvalue weighted by Gasteiger charge is 2.36. The zero-order valence-electron chi connectivity index (χ0n) is 15.4. The van der Waals surface area contributed by atoms with Crippen LogP contribution in [-0.2, 0) is 17.3 Å². The van der Waals surface area contributed by atoms with Crippen molar-refractivity contribution in [1.82, 2.24) is 9.78 Å². The number of aromatic nitrogens is 2. The van der Waals surface area contributed by atoms with E-state index < -0.39 is 29.2 Å². The highest BCUT2D eigenvalue weighted by atomic mass is 19.4. The summed E-state index contributed by atoms with van der Waals surface area (Å²) in [4.78, 5) is 25.0. The Kier molecular flexibility index (Phi) is 4.97. The second-order valence-electron chi connectivity index (χ2n) is 6.24. The number of rotatable bonds is 3. The van der Waals surface area contributed by atoms with Gasteiger partial charge in [0, 0.05) is 5.39 Å². The smallest absolute Gasteiger partial charge is 0.417 e. The quantitative estimate of drug-likeness (QED) is 0.622. The molecule has 146 valence electrons. The molecule has 0 aliphatic rings. The van der Waals surface area contributed by atoms with Crippen LogP contribution < -0.4 is 0 Å². The molecule has 28 heavy (non-hydrogen) atoms. The Morgan fingerprint density at radius 2 is 1.89 bits per heavy atom. The zero-order chi connectivity index (χ0) is 20.6. The van der Waals surface area contributed by atoms with Crippen LogP contribution in [-0.4, -0.2) is 28.8 Å². The number of ether oxygens (including phenoxy) is 1. The summed E-state index contributed by atoms with van der Waals surface area (Å²) in [6.07, 6.45) is -4.22. The fourth-order valence-corrected chi connectivity index (χ4v) is 3.13. The fourth-order valence-electron chi connectivity index (χ4n) is 3.13. The molecule has 8 heteroatoms. The van der Waals surface area contributed by atoms with E-state index >= 15 is 0 Å². The molecule has 5 nitrogen and oxygen atoms in total. The van der Waals surface area contributed by atoms with Gasteiger partial charge in [-0.2, -0.15) is 23.0 Å². The average Bonchev–Trinajstić information content (AvgIpc) is 3.03. The monoisotopic (exact) mass is 390 g/mol. The molecule has 0 N–H and O–H groups in total. The number of hydrogen-bond acceptors (Lipinski definition) is 4. The lowest BCUT2D eigenvalue weighted by molar-refractivity contribution is -0.138. The predicted molar refractivity (Wildman–Crippen MR) is 96.4 cm³/mol. The van der Waals surface area contributed by atoms with Crippen LogP contribution in [0.3, 0.4) is 0 Å². The molecule has 2 aromatic carbocycles. The molecule has 0 unspecified atom stereocenters. The van der Waals surface area contributed by atoms with Gasteiger partial charge in [0.1, 0.15) is 0 Å². The van der Waals surface area contributed by atoms with E-state index in [1.165, 1.54) is 38.3 Å². The maximum Gasteiger partial charge on any atom is 0.417 e. The summed E-state index contributed by atoms with van der Waals surface area (Å²) < 4.78 is 46.0. The number of carbonyl (C=O) groups is 2. The van der Waals surface area contributed by atoms with Crippen molar-refractivity contribution in [3.8, 4) is 0 Å². The number of hydrogen-bond donors (Lipinski definition) is 0. The molecule has 3 rings (SSSR count).